The third kappa shape index (κ3) is 12.9. The predicted octanol–water partition coefficient (Wildman–Crippen LogP) is 4.79. The number of hydrogen-bond donors (Lipinski definition) is 5. The number of carbonyl (C=O) groups is 1. The average molecular weight is 537 g/mol. The van der Waals surface area contributed by atoms with Crippen LogP contribution in [0.15, 0.2) is 30.3 Å². The average Bonchev–Trinajstić information content (AvgIpc) is 2.93. The number of nitrogens with one attached hydrogen (secondary N) is 2. The minimum absolute atomic E-state index is 0.0926. The number of rotatable bonds is 20. The summed E-state index contributed by atoms with van der Waals surface area (Å²) in [6.07, 6.45) is 13.0. The van der Waals surface area contributed by atoms with Crippen LogP contribution in [-0.4, -0.2) is 65.1 Å². The van der Waals surface area contributed by atoms with Gasteiger partial charge in [-0.2, -0.15) is 0 Å². The van der Waals surface area contributed by atoms with Gasteiger partial charge in [0, 0.05) is 0 Å². The quantitative estimate of drug-likeness (QED) is 0.152. The van der Waals surface area contributed by atoms with Gasteiger partial charge in [-0.05, 0) is 18.5 Å². The molecule has 0 bridgehead atoms. The zero-order valence-electron chi connectivity index (χ0n) is 23.4. The maximum Gasteiger partial charge on any atom is 0.407 e. The molecular formula is C30H52N2O6. The Labute approximate surface area is 229 Å². The van der Waals surface area contributed by atoms with Gasteiger partial charge >= 0.3 is 6.09 Å². The molecule has 8 heteroatoms. The number of aliphatic hydroxyl groups is 3. The van der Waals surface area contributed by atoms with Crippen molar-refractivity contribution in [2.45, 2.75) is 134 Å². The highest BCUT2D eigenvalue weighted by Gasteiger charge is 2.45. The van der Waals surface area contributed by atoms with Gasteiger partial charge in [-0.1, -0.05) is 121 Å². The lowest BCUT2D eigenvalue weighted by Gasteiger charge is -2.42. The largest absolute Gasteiger partial charge is 0.445 e. The molecule has 2 rings (SSSR count). The summed E-state index contributed by atoms with van der Waals surface area (Å²) in [5.74, 6) is 0. The lowest BCUT2D eigenvalue weighted by atomic mass is 9.96. The molecule has 5 N–H and O–H groups in total. The van der Waals surface area contributed by atoms with E-state index in [2.05, 4.69) is 17.6 Å². The molecule has 1 aromatic rings. The van der Waals surface area contributed by atoms with E-state index in [1.807, 2.05) is 30.3 Å². The minimum Gasteiger partial charge on any atom is -0.445 e. The maximum absolute atomic E-state index is 12.4. The summed E-state index contributed by atoms with van der Waals surface area (Å²) < 4.78 is 11.0. The molecule has 1 aromatic carbocycles. The highest BCUT2D eigenvalue weighted by atomic mass is 16.6. The van der Waals surface area contributed by atoms with E-state index in [4.69, 9.17) is 9.47 Å². The third-order valence-corrected chi connectivity index (χ3v) is 7.30. The van der Waals surface area contributed by atoms with Crippen molar-refractivity contribution in [1.82, 2.24) is 10.6 Å². The van der Waals surface area contributed by atoms with Crippen molar-refractivity contribution in [3.8, 4) is 0 Å². The Hall–Kier alpha value is -1.71. The van der Waals surface area contributed by atoms with Crippen LogP contribution in [-0.2, 0) is 16.1 Å². The molecule has 1 fully saturated rings. The summed E-state index contributed by atoms with van der Waals surface area (Å²) in [5, 5.41) is 36.3. The summed E-state index contributed by atoms with van der Waals surface area (Å²) in [6.45, 7) is 2.56. The zero-order chi connectivity index (χ0) is 27.4. The summed E-state index contributed by atoms with van der Waals surface area (Å²) in [5.41, 5.74) is 0.843. The minimum atomic E-state index is -1.32. The second-order valence-electron chi connectivity index (χ2n) is 10.5. The van der Waals surface area contributed by atoms with Crippen molar-refractivity contribution in [3.05, 3.63) is 35.9 Å². The Morgan fingerprint density at radius 1 is 0.842 bits per heavy atom. The van der Waals surface area contributed by atoms with Crippen molar-refractivity contribution < 1.29 is 29.6 Å². The van der Waals surface area contributed by atoms with Crippen LogP contribution >= 0.6 is 0 Å². The molecule has 1 saturated heterocycles. The maximum atomic E-state index is 12.4. The van der Waals surface area contributed by atoms with Gasteiger partial charge in [0.05, 0.1) is 6.61 Å². The van der Waals surface area contributed by atoms with E-state index in [0.717, 1.165) is 18.4 Å². The molecular weight excluding hydrogens is 484 g/mol. The Kier molecular flexibility index (Phi) is 17.3. The van der Waals surface area contributed by atoms with Crippen LogP contribution < -0.4 is 10.6 Å². The van der Waals surface area contributed by atoms with Crippen molar-refractivity contribution in [2.24, 2.45) is 0 Å². The Bertz CT molecular complexity index is 722. The highest BCUT2D eigenvalue weighted by molar-refractivity contribution is 5.67. The van der Waals surface area contributed by atoms with Crippen LogP contribution in [0.25, 0.3) is 0 Å². The van der Waals surface area contributed by atoms with E-state index in [1.54, 1.807) is 0 Å². The summed E-state index contributed by atoms with van der Waals surface area (Å²) >= 11 is 0. The normalized spacial score (nSPS) is 23.3. The summed E-state index contributed by atoms with van der Waals surface area (Å²) in [6, 6.07) is 8.38. The van der Waals surface area contributed by atoms with Crippen molar-refractivity contribution in [2.75, 3.05) is 13.2 Å². The van der Waals surface area contributed by atoms with E-state index in [-0.39, 0.29) is 6.61 Å². The number of aliphatic hydroxyl groups excluding tert-OH is 3. The molecule has 1 amide bonds. The first-order valence-electron chi connectivity index (χ1n) is 14.9. The molecule has 38 heavy (non-hydrogen) atoms. The Balaban J connectivity index is 1.61. The molecule has 0 radical (unpaired) electrons. The van der Waals surface area contributed by atoms with Crippen molar-refractivity contribution in [3.63, 3.8) is 0 Å². The second-order valence-corrected chi connectivity index (χ2v) is 10.5. The van der Waals surface area contributed by atoms with Gasteiger partial charge in [-0.3, -0.25) is 5.32 Å². The van der Waals surface area contributed by atoms with E-state index in [9.17, 15) is 20.1 Å². The molecule has 0 unspecified atom stereocenters. The molecule has 218 valence electrons. The van der Waals surface area contributed by atoms with Crippen LogP contribution in [0.4, 0.5) is 4.79 Å². The number of benzene rings is 1. The number of carbonyl (C=O) groups excluding carboxylic acids is 1. The van der Waals surface area contributed by atoms with E-state index < -0.39 is 43.3 Å². The second kappa shape index (κ2) is 20.2. The number of amides is 1. The molecule has 0 saturated carbocycles. The number of alkyl carbamates (subject to hydrolysis) is 1. The predicted molar refractivity (Wildman–Crippen MR) is 150 cm³/mol. The van der Waals surface area contributed by atoms with Crippen molar-refractivity contribution >= 4 is 6.09 Å². The van der Waals surface area contributed by atoms with Crippen LogP contribution in [0.5, 0.6) is 0 Å². The van der Waals surface area contributed by atoms with E-state index in [0.29, 0.717) is 6.54 Å². The Morgan fingerprint density at radius 2 is 1.39 bits per heavy atom. The molecule has 0 aliphatic carbocycles. The lowest BCUT2D eigenvalue weighted by Crippen LogP contribution is -2.67. The molecule has 1 aliphatic heterocycles. The number of hydrogen-bond acceptors (Lipinski definition) is 7. The van der Waals surface area contributed by atoms with Gasteiger partial charge in [0.2, 0.25) is 0 Å². The Morgan fingerprint density at radius 3 is 1.95 bits per heavy atom. The third-order valence-electron chi connectivity index (χ3n) is 7.30. The lowest BCUT2D eigenvalue weighted by molar-refractivity contribution is -0.200. The monoisotopic (exact) mass is 536 g/mol. The zero-order valence-corrected chi connectivity index (χ0v) is 23.4. The van der Waals surface area contributed by atoms with Crippen LogP contribution in [0, 0.1) is 0 Å². The van der Waals surface area contributed by atoms with Gasteiger partial charge in [-0.25, -0.2) is 4.79 Å². The van der Waals surface area contributed by atoms with Crippen LogP contribution in [0.1, 0.15) is 102 Å². The fourth-order valence-corrected chi connectivity index (χ4v) is 4.92. The summed E-state index contributed by atoms with van der Waals surface area (Å²) in [4.78, 5) is 12.4. The SMILES string of the molecule is CCCCCCCCCCCCCCCCN[C@@H]1O[C@H](CO)[C@H](O)[C@H](O)[C@@H]1NC(=O)OCc1ccccc1. The highest BCUT2D eigenvalue weighted by Crippen LogP contribution is 2.20. The van der Waals surface area contributed by atoms with Gasteiger partial charge in [-0.15, -0.1) is 0 Å². The molecule has 5 atom stereocenters. The molecule has 0 aromatic heterocycles. The van der Waals surface area contributed by atoms with Gasteiger partial charge < -0.3 is 30.1 Å². The molecule has 1 aliphatic rings. The van der Waals surface area contributed by atoms with Crippen LogP contribution in [0.3, 0.4) is 0 Å². The first-order chi connectivity index (χ1) is 18.6. The number of unbranched alkanes of at least 4 members (excludes halogenated alkanes) is 13. The van der Waals surface area contributed by atoms with Gasteiger partial charge in [0.25, 0.3) is 0 Å². The summed E-state index contributed by atoms with van der Waals surface area (Å²) in [7, 11) is 0. The standard InChI is InChI=1S/C30H52N2O6/c1-2-3-4-5-6-7-8-9-10-11-12-13-14-18-21-31-29-26(28(35)27(34)25(22-33)38-29)32-30(36)37-23-24-19-16-15-17-20-24/h15-17,19-20,25-29,31,33-35H,2-14,18,21-23H2,1H3,(H,32,36)/t25-,26+,27+,28-,29-/m1/s1. The molecule has 1 heterocycles. The molecule has 8 nitrogen and oxygen atoms in total. The number of ether oxygens (including phenoxy) is 2. The van der Waals surface area contributed by atoms with Gasteiger partial charge in [0.15, 0.2) is 0 Å². The fraction of sp³-hybridized carbons (Fsp3) is 0.767. The van der Waals surface area contributed by atoms with E-state index in [1.165, 1.54) is 77.0 Å². The topological polar surface area (TPSA) is 120 Å². The molecule has 0 spiro atoms. The van der Waals surface area contributed by atoms with Gasteiger partial charge in [0.1, 0.15) is 37.2 Å². The van der Waals surface area contributed by atoms with Crippen LogP contribution in [0.2, 0.25) is 0 Å². The first kappa shape index (κ1) is 32.5. The fourth-order valence-electron chi connectivity index (χ4n) is 4.92. The van der Waals surface area contributed by atoms with E-state index >= 15 is 0 Å². The first-order valence-corrected chi connectivity index (χ1v) is 14.9. The van der Waals surface area contributed by atoms with Crippen molar-refractivity contribution in [1.29, 1.82) is 0 Å². The smallest absolute Gasteiger partial charge is 0.407 e.